The lowest BCUT2D eigenvalue weighted by atomic mass is 9.87. The quantitative estimate of drug-likeness (QED) is 0.873. The highest BCUT2D eigenvalue weighted by Gasteiger charge is 2.37. The molecule has 2 aromatic carbocycles. The van der Waals surface area contributed by atoms with Crippen LogP contribution in [-0.2, 0) is 6.42 Å². The number of aliphatic hydroxyl groups excluding tert-OH is 1. The standard InChI is InChI=1S/C20H22FNO4/c1-22-8-7-13-9-17-19(26-11-25-17)20(24-2)18(13)15(22)10-16(23)12-3-5-14(21)6-4-12/h3-6,9,15-16,23H,7-8,10-11H2,1-2H3/p+1/t15-,16-/m0/s1. The number of methoxy groups -OCH3 is 1. The third kappa shape index (κ3) is 2.89. The normalized spacial score (nSPS) is 22.0. The number of hydrogen-bond acceptors (Lipinski definition) is 4. The van der Waals surface area contributed by atoms with Gasteiger partial charge in [-0.25, -0.2) is 4.39 Å². The van der Waals surface area contributed by atoms with E-state index in [4.69, 9.17) is 14.2 Å². The van der Waals surface area contributed by atoms with E-state index in [1.54, 1.807) is 19.2 Å². The first-order chi connectivity index (χ1) is 12.6. The lowest BCUT2D eigenvalue weighted by molar-refractivity contribution is -0.915. The second-order valence-corrected chi connectivity index (χ2v) is 6.92. The van der Waals surface area contributed by atoms with Gasteiger partial charge in [0.2, 0.25) is 12.5 Å². The Morgan fingerprint density at radius 3 is 2.81 bits per heavy atom. The van der Waals surface area contributed by atoms with E-state index in [-0.39, 0.29) is 18.7 Å². The molecule has 4 rings (SSSR count). The molecule has 138 valence electrons. The minimum absolute atomic E-state index is 0.0447. The lowest BCUT2D eigenvalue weighted by Crippen LogP contribution is -3.10. The van der Waals surface area contributed by atoms with Crippen LogP contribution in [0.3, 0.4) is 0 Å². The highest BCUT2D eigenvalue weighted by atomic mass is 19.1. The van der Waals surface area contributed by atoms with Gasteiger partial charge in [0.15, 0.2) is 11.5 Å². The van der Waals surface area contributed by atoms with Gasteiger partial charge in [0.1, 0.15) is 11.9 Å². The van der Waals surface area contributed by atoms with Crippen LogP contribution in [0.4, 0.5) is 4.39 Å². The van der Waals surface area contributed by atoms with Gasteiger partial charge in [-0.2, -0.15) is 0 Å². The molecule has 0 saturated carbocycles. The molecular formula is C20H23FNO4+. The summed E-state index contributed by atoms with van der Waals surface area (Å²) in [5.41, 5.74) is 2.96. The molecule has 6 heteroatoms. The average Bonchev–Trinajstić information content (AvgIpc) is 3.11. The molecule has 0 radical (unpaired) electrons. The van der Waals surface area contributed by atoms with Crippen LogP contribution in [-0.4, -0.2) is 32.6 Å². The summed E-state index contributed by atoms with van der Waals surface area (Å²) in [5.74, 6) is 1.76. The van der Waals surface area contributed by atoms with Gasteiger partial charge in [0.05, 0.1) is 32.4 Å². The minimum atomic E-state index is -0.684. The molecule has 2 heterocycles. The maximum absolute atomic E-state index is 13.2. The molecule has 2 aliphatic heterocycles. The van der Waals surface area contributed by atoms with Crippen LogP contribution in [0.25, 0.3) is 0 Å². The third-order valence-corrected chi connectivity index (χ3v) is 5.39. The van der Waals surface area contributed by atoms with Crippen molar-refractivity contribution in [1.82, 2.24) is 0 Å². The second kappa shape index (κ2) is 6.78. The SMILES string of the molecule is COc1c2c(cc3c1[C@H](C[C@H](O)c1ccc(F)cc1)[NH+](C)CC3)OCO2. The summed E-state index contributed by atoms with van der Waals surface area (Å²) in [4.78, 5) is 1.30. The second-order valence-electron chi connectivity index (χ2n) is 6.92. The number of aliphatic hydroxyl groups is 1. The number of halogens is 1. The Bertz CT molecular complexity index is 808. The number of hydrogen-bond donors (Lipinski definition) is 2. The molecule has 0 spiro atoms. The summed E-state index contributed by atoms with van der Waals surface area (Å²) in [6.45, 7) is 1.15. The number of benzene rings is 2. The minimum Gasteiger partial charge on any atom is -0.492 e. The molecule has 2 N–H and O–H groups in total. The molecule has 26 heavy (non-hydrogen) atoms. The predicted octanol–water partition coefficient (Wildman–Crippen LogP) is 1.80. The number of ether oxygens (including phenoxy) is 3. The van der Waals surface area contributed by atoms with E-state index < -0.39 is 6.10 Å². The fourth-order valence-electron chi connectivity index (χ4n) is 3.98. The summed E-state index contributed by atoms with van der Waals surface area (Å²) >= 11 is 0. The highest BCUT2D eigenvalue weighted by molar-refractivity contribution is 5.61. The highest BCUT2D eigenvalue weighted by Crippen LogP contribution is 2.48. The zero-order chi connectivity index (χ0) is 18.3. The molecule has 0 aromatic heterocycles. The van der Waals surface area contributed by atoms with Crippen LogP contribution in [0.1, 0.15) is 35.3 Å². The zero-order valence-corrected chi connectivity index (χ0v) is 14.9. The molecule has 2 aliphatic rings. The van der Waals surface area contributed by atoms with Crippen molar-refractivity contribution in [1.29, 1.82) is 0 Å². The van der Waals surface area contributed by atoms with Crippen LogP contribution in [0, 0.1) is 5.82 Å². The first kappa shape index (κ1) is 17.1. The Morgan fingerprint density at radius 2 is 2.08 bits per heavy atom. The molecule has 1 unspecified atom stereocenters. The summed E-state index contributed by atoms with van der Waals surface area (Å²) < 4.78 is 30.0. The van der Waals surface area contributed by atoms with E-state index in [0.717, 1.165) is 24.3 Å². The summed E-state index contributed by atoms with van der Waals surface area (Å²) in [6, 6.07) is 8.10. The van der Waals surface area contributed by atoms with Crippen molar-refractivity contribution in [3.63, 3.8) is 0 Å². The Hall–Kier alpha value is -2.31. The van der Waals surface area contributed by atoms with E-state index >= 15 is 0 Å². The molecule has 0 saturated heterocycles. The molecule has 0 fully saturated rings. The number of fused-ring (bicyclic) bond motifs is 2. The van der Waals surface area contributed by atoms with Crippen LogP contribution < -0.4 is 19.1 Å². The van der Waals surface area contributed by atoms with Gasteiger partial charge in [-0.3, -0.25) is 0 Å². The monoisotopic (exact) mass is 360 g/mol. The Kier molecular flexibility index (Phi) is 4.46. The van der Waals surface area contributed by atoms with Crippen LogP contribution >= 0.6 is 0 Å². The van der Waals surface area contributed by atoms with Gasteiger partial charge in [0, 0.05) is 12.8 Å². The molecule has 0 aliphatic carbocycles. The van der Waals surface area contributed by atoms with Gasteiger partial charge in [-0.05, 0) is 29.3 Å². The fourth-order valence-corrected chi connectivity index (χ4v) is 3.98. The van der Waals surface area contributed by atoms with Gasteiger partial charge >= 0.3 is 0 Å². The number of nitrogens with one attached hydrogen (secondary N) is 1. The topological polar surface area (TPSA) is 52.4 Å². The van der Waals surface area contributed by atoms with Crippen molar-refractivity contribution in [2.24, 2.45) is 0 Å². The molecule has 3 atom stereocenters. The third-order valence-electron chi connectivity index (χ3n) is 5.39. The van der Waals surface area contributed by atoms with Crippen molar-refractivity contribution in [3.8, 4) is 17.2 Å². The summed E-state index contributed by atoms with van der Waals surface area (Å²) in [6.07, 6.45) is 0.745. The first-order valence-corrected chi connectivity index (χ1v) is 8.83. The summed E-state index contributed by atoms with van der Waals surface area (Å²) in [5, 5.41) is 10.7. The Morgan fingerprint density at radius 1 is 1.31 bits per heavy atom. The number of likely N-dealkylation sites (N-methyl/N-ethyl adjacent to an activating group) is 1. The molecule has 2 aromatic rings. The predicted molar refractivity (Wildman–Crippen MR) is 93.3 cm³/mol. The van der Waals surface area contributed by atoms with Gasteiger partial charge < -0.3 is 24.2 Å². The van der Waals surface area contributed by atoms with Gasteiger partial charge in [-0.1, -0.05) is 12.1 Å². The largest absolute Gasteiger partial charge is 0.492 e. The lowest BCUT2D eigenvalue weighted by Gasteiger charge is -2.34. The first-order valence-electron chi connectivity index (χ1n) is 8.83. The number of rotatable bonds is 4. The molecular weight excluding hydrogens is 337 g/mol. The smallest absolute Gasteiger partial charge is 0.231 e. The van der Waals surface area contributed by atoms with Crippen molar-refractivity contribution in [3.05, 3.63) is 52.8 Å². The maximum atomic E-state index is 13.2. The Labute approximate surface area is 151 Å². The van der Waals surface area contributed by atoms with Crippen molar-refractivity contribution in [2.75, 3.05) is 27.5 Å². The van der Waals surface area contributed by atoms with E-state index in [9.17, 15) is 9.50 Å². The summed E-state index contributed by atoms with van der Waals surface area (Å²) in [7, 11) is 3.75. The van der Waals surface area contributed by atoms with Gasteiger partial charge in [0.25, 0.3) is 0 Å². The fraction of sp³-hybridized carbons (Fsp3) is 0.400. The zero-order valence-electron chi connectivity index (χ0n) is 14.9. The average molecular weight is 360 g/mol. The maximum Gasteiger partial charge on any atom is 0.231 e. The van der Waals surface area contributed by atoms with E-state index in [0.29, 0.717) is 23.5 Å². The van der Waals surface area contributed by atoms with Crippen molar-refractivity contribution >= 4 is 0 Å². The molecule has 0 amide bonds. The Balaban J connectivity index is 1.70. The van der Waals surface area contributed by atoms with Crippen molar-refractivity contribution < 1.29 is 28.6 Å². The van der Waals surface area contributed by atoms with Crippen LogP contribution in [0.2, 0.25) is 0 Å². The molecule has 5 nitrogen and oxygen atoms in total. The van der Waals surface area contributed by atoms with Crippen LogP contribution in [0.15, 0.2) is 30.3 Å². The molecule has 0 bridgehead atoms. The van der Waals surface area contributed by atoms with Gasteiger partial charge in [-0.15, -0.1) is 0 Å². The van der Waals surface area contributed by atoms with E-state index in [1.165, 1.54) is 22.6 Å². The van der Waals surface area contributed by atoms with E-state index in [1.807, 2.05) is 6.07 Å². The number of quaternary nitrogens is 1. The van der Waals surface area contributed by atoms with Crippen molar-refractivity contribution in [2.45, 2.75) is 25.0 Å². The van der Waals surface area contributed by atoms with Crippen LogP contribution in [0.5, 0.6) is 17.2 Å². The van der Waals surface area contributed by atoms with E-state index in [2.05, 4.69) is 7.05 Å².